The van der Waals surface area contributed by atoms with Crippen LogP contribution in [0.5, 0.6) is 0 Å². The van der Waals surface area contributed by atoms with Crippen molar-refractivity contribution in [3.05, 3.63) is 89.5 Å². The van der Waals surface area contributed by atoms with Gasteiger partial charge in [0.05, 0.1) is 18.0 Å². The molecule has 1 aliphatic heterocycles. The van der Waals surface area contributed by atoms with E-state index in [9.17, 15) is 13.2 Å². The summed E-state index contributed by atoms with van der Waals surface area (Å²) in [6, 6.07) is 23.4. The average Bonchev–Trinajstić information content (AvgIpc) is 3.18. The third-order valence-electron chi connectivity index (χ3n) is 5.46. The number of anilines is 1. The minimum Gasteiger partial charge on any atom is -0.346 e. The van der Waals surface area contributed by atoms with Gasteiger partial charge < -0.3 is 5.32 Å². The number of amides is 1. The molecule has 0 radical (unpaired) electrons. The molecule has 0 fully saturated rings. The first kappa shape index (κ1) is 20.2. The van der Waals surface area contributed by atoms with Crippen LogP contribution >= 0.6 is 0 Å². The fourth-order valence-corrected chi connectivity index (χ4v) is 4.77. The first-order chi connectivity index (χ1) is 14.3. The predicted octanol–water partition coefficient (Wildman–Crippen LogP) is 4.17. The summed E-state index contributed by atoms with van der Waals surface area (Å²) < 4.78 is 25.1. The van der Waals surface area contributed by atoms with Crippen molar-refractivity contribution >= 4 is 21.6 Å². The van der Waals surface area contributed by atoms with Gasteiger partial charge in [-0.05, 0) is 53.8 Å². The van der Waals surface area contributed by atoms with Crippen molar-refractivity contribution in [1.82, 2.24) is 5.32 Å². The Balaban J connectivity index is 1.46. The number of carbonyl (C=O) groups is 1. The standard InChI is InChI=1S/C24H24N2O3S/c1-17(18-8-10-20(11-9-18)19-6-4-3-5-7-19)25-24(27)22-12-13-23-21(16-22)14-15-26(23)30(2,28)29/h3-13,16-17H,14-15H2,1-2H3,(H,25,27). The molecule has 5 nitrogen and oxygen atoms in total. The minimum atomic E-state index is -3.29. The molecule has 0 aliphatic carbocycles. The zero-order valence-electron chi connectivity index (χ0n) is 17.0. The molecule has 30 heavy (non-hydrogen) atoms. The molecule has 4 rings (SSSR count). The van der Waals surface area contributed by atoms with Crippen LogP contribution in [-0.2, 0) is 16.4 Å². The van der Waals surface area contributed by atoms with Crippen molar-refractivity contribution in [1.29, 1.82) is 0 Å². The second kappa shape index (κ2) is 7.95. The lowest BCUT2D eigenvalue weighted by Gasteiger charge is -2.17. The number of benzene rings is 3. The fourth-order valence-electron chi connectivity index (χ4n) is 3.82. The van der Waals surface area contributed by atoms with Crippen LogP contribution in [0.2, 0.25) is 0 Å². The molecule has 0 aromatic heterocycles. The van der Waals surface area contributed by atoms with Crippen LogP contribution in [0.25, 0.3) is 11.1 Å². The summed E-state index contributed by atoms with van der Waals surface area (Å²) in [5.74, 6) is -0.171. The quantitative estimate of drug-likeness (QED) is 0.674. The van der Waals surface area contributed by atoms with Crippen LogP contribution in [0.3, 0.4) is 0 Å². The first-order valence-electron chi connectivity index (χ1n) is 9.90. The SMILES string of the molecule is CC(NC(=O)c1ccc2c(c1)CCN2S(C)(=O)=O)c1ccc(-c2ccccc2)cc1. The summed E-state index contributed by atoms with van der Waals surface area (Å²) in [6.07, 6.45) is 1.81. The molecule has 1 aliphatic rings. The summed E-state index contributed by atoms with van der Waals surface area (Å²) in [4.78, 5) is 12.8. The lowest BCUT2D eigenvalue weighted by Crippen LogP contribution is -2.28. The molecule has 1 N–H and O–H groups in total. The Hall–Kier alpha value is -3.12. The highest BCUT2D eigenvalue weighted by atomic mass is 32.2. The number of sulfonamides is 1. The molecule has 3 aromatic carbocycles. The molecule has 0 saturated carbocycles. The number of carbonyl (C=O) groups excluding carboxylic acids is 1. The van der Waals surface area contributed by atoms with E-state index in [0.29, 0.717) is 24.2 Å². The Labute approximate surface area is 177 Å². The van der Waals surface area contributed by atoms with Crippen molar-refractivity contribution in [2.24, 2.45) is 0 Å². The Morgan fingerprint density at radius 3 is 2.30 bits per heavy atom. The van der Waals surface area contributed by atoms with Gasteiger partial charge in [-0.1, -0.05) is 54.6 Å². The normalized spacial score (nSPS) is 14.3. The van der Waals surface area contributed by atoms with Crippen LogP contribution < -0.4 is 9.62 Å². The van der Waals surface area contributed by atoms with E-state index in [1.54, 1.807) is 18.2 Å². The van der Waals surface area contributed by atoms with E-state index >= 15 is 0 Å². The molecule has 1 unspecified atom stereocenters. The molecule has 0 spiro atoms. The van der Waals surface area contributed by atoms with Gasteiger partial charge in [0.25, 0.3) is 5.91 Å². The van der Waals surface area contributed by atoms with Crippen molar-refractivity contribution in [3.8, 4) is 11.1 Å². The molecule has 6 heteroatoms. The number of fused-ring (bicyclic) bond motifs is 1. The van der Waals surface area contributed by atoms with Gasteiger partial charge in [0.15, 0.2) is 0 Å². The molecule has 1 amide bonds. The van der Waals surface area contributed by atoms with Crippen molar-refractivity contribution in [2.45, 2.75) is 19.4 Å². The maximum Gasteiger partial charge on any atom is 0.251 e. The third kappa shape index (κ3) is 4.09. The number of nitrogens with zero attached hydrogens (tertiary/aromatic N) is 1. The summed E-state index contributed by atoms with van der Waals surface area (Å²) in [7, 11) is -3.29. The van der Waals surface area contributed by atoms with Gasteiger partial charge in [0.1, 0.15) is 0 Å². The van der Waals surface area contributed by atoms with Gasteiger partial charge >= 0.3 is 0 Å². The van der Waals surface area contributed by atoms with Gasteiger partial charge in [0.2, 0.25) is 10.0 Å². The number of hydrogen-bond donors (Lipinski definition) is 1. The van der Waals surface area contributed by atoms with Crippen molar-refractivity contribution < 1.29 is 13.2 Å². The number of nitrogens with one attached hydrogen (secondary N) is 1. The lowest BCUT2D eigenvalue weighted by molar-refractivity contribution is 0.0940. The summed E-state index contributed by atoms with van der Waals surface area (Å²) in [5.41, 5.74) is 5.39. The van der Waals surface area contributed by atoms with E-state index in [-0.39, 0.29) is 11.9 Å². The fraction of sp³-hybridized carbons (Fsp3) is 0.208. The summed E-state index contributed by atoms with van der Waals surface area (Å²) in [5, 5.41) is 3.03. The number of rotatable bonds is 5. The second-order valence-electron chi connectivity index (χ2n) is 7.61. The van der Waals surface area contributed by atoms with E-state index in [0.717, 1.165) is 22.3 Å². The first-order valence-corrected chi connectivity index (χ1v) is 11.7. The lowest BCUT2D eigenvalue weighted by atomic mass is 10.0. The molecule has 1 atom stereocenters. The Bertz CT molecular complexity index is 1170. The molecule has 154 valence electrons. The van der Waals surface area contributed by atoms with Crippen molar-refractivity contribution in [2.75, 3.05) is 17.1 Å². The molecule has 3 aromatic rings. The maximum absolute atomic E-state index is 12.8. The maximum atomic E-state index is 12.8. The van der Waals surface area contributed by atoms with Crippen LogP contribution in [0.4, 0.5) is 5.69 Å². The van der Waals surface area contributed by atoms with Gasteiger partial charge in [0, 0.05) is 12.1 Å². The van der Waals surface area contributed by atoms with Gasteiger partial charge in [-0.2, -0.15) is 0 Å². The van der Waals surface area contributed by atoms with E-state index in [1.165, 1.54) is 10.6 Å². The van der Waals surface area contributed by atoms with Crippen LogP contribution in [0.1, 0.15) is 34.5 Å². The zero-order chi connectivity index (χ0) is 21.3. The molecule has 0 saturated heterocycles. The highest BCUT2D eigenvalue weighted by Gasteiger charge is 2.27. The Morgan fingerprint density at radius 1 is 0.967 bits per heavy atom. The Morgan fingerprint density at radius 2 is 1.63 bits per heavy atom. The smallest absolute Gasteiger partial charge is 0.251 e. The Kier molecular flexibility index (Phi) is 5.35. The van der Waals surface area contributed by atoms with Crippen LogP contribution in [-0.4, -0.2) is 27.1 Å². The predicted molar refractivity (Wildman–Crippen MR) is 120 cm³/mol. The number of hydrogen-bond acceptors (Lipinski definition) is 3. The second-order valence-corrected chi connectivity index (χ2v) is 9.52. The van der Waals surface area contributed by atoms with Crippen LogP contribution in [0.15, 0.2) is 72.8 Å². The molecular formula is C24H24N2O3S. The van der Waals surface area contributed by atoms with Gasteiger partial charge in [-0.25, -0.2) is 8.42 Å². The summed E-state index contributed by atoms with van der Waals surface area (Å²) >= 11 is 0. The summed E-state index contributed by atoms with van der Waals surface area (Å²) in [6.45, 7) is 2.37. The average molecular weight is 421 g/mol. The molecular weight excluding hydrogens is 396 g/mol. The van der Waals surface area contributed by atoms with Gasteiger partial charge in [-0.3, -0.25) is 9.10 Å². The third-order valence-corrected chi connectivity index (χ3v) is 6.64. The van der Waals surface area contributed by atoms with Gasteiger partial charge in [-0.15, -0.1) is 0 Å². The van der Waals surface area contributed by atoms with Crippen LogP contribution in [0, 0.1) is 0 Å². The van der Waals surface area contributed by atoms with E-state index in [1.807, 2.05) is 37.3 Å². The highest BCUT2D eigenvalue weighted by molar-refractivity contribution is 7.92. The van der Waals surface area contributed by atoms with E-state index in [4.69, 9.17) is 0 Å². The van der Waals surface area contributed by atoms with E-state index in [2.05, 4.69) is 29.6 Å². The monoisotopic (exact) mass is 420 g/mol. The van der Waals surface area contributed by atoms with E-state index < -0.39 is 10.0 Å². The molecule has 1 heterocycles. The molecule has 0 bridgehead atoms. The highest BCUT2D eigenvalue weighted by Crippen LogP contribution is 2.31. The van der Waals surface area contributed by atoms with Crippen molar-refractivity contribution in [3.63, 3.8) is 0 Å². The zero-order valence-corrected chi connectivity index (χ0v) is 17.8. The minimum absolute atomic E-state index is 0.150. The largest absolute Gasteiger partial charge is 0.346 e. The topological polar surface area (TPSA) is 66.5 Å².